The standard InChI is InChI=1S/C15H28N2O3/c1-4-5-7-20-13-9-12(15(13,2)3)17-14(18)11-10-16-6-8-19-11/h11-13,16H,4-10H2,1-3H3,(H,17,18). The number of amides is 1. The quantitative estimate of drug-likeness (QED) is 0.717. The van der Waals surface area contributed by atoms with Crippen LogP contribution in [0.3, 0.4) is 0 Å². The second-order valence-electron chi connectivity index (χ2n) is 6.39. The second-order valence-corrected chi connectivity index (χ2v) is 6.39. The van der Waals surface area contributed by atoms with Gasteiger partial charge in [0.1, 0.15) is 6.10 Å². The zero-order chi connectivity index (χ0) is 14.6. The van der Waals surface area contributed by atoms with E-state index in [0.29, 0.717) is 13.2 Å². The summed E-state index contributed by atoms with van der Waals surface area (Å²) >= 11 is 0. The van der Waals surface area contributed by atoms with Crippen molar-refractivity contribution in [1.29, 1.82) is 0 Å². The summed E-state index contributed by atoms with van der Waals surface area (Å²) in [6.45, 7) is 9.35. The molecule has 0 bridgehead atoms. The average Bonchev–Trinajstić information content (AvgIpc) is 2.46. The molecule has 116 valence electrons. The molecule has 5 heteroatoms. The Balaban J connectivity index is 1.75. The molecule has 1 saturated carbocycles. The van der Waals surface area contributed by atoms with Gasteiger partial charge in [0, 0.05) is 31.2 Å². The predicted molar refractivity (Wildman–Crippen MR) is 77.6 cm³/mol. The first-order chi connectivity index (χ1) is 9.55. The maximum Gasteiger partial charge on any atom is 0.250 e. The zero-order valence-electron chi connectivity index (χ0n) is 12.9. The largest absolute Gasteiger partial charge is 0.378 e. The van der Waals surface area contributed by atoms with E-state index in [9.17, 15) is 4.79 Å². The monoisotopic (exact) mass is 284 g/mol. The van der Waals surface area contributed by atoms with Crippen molar-refractivity contribution in [2.75, 3.05) is 26.3 Å². The minimum absolute atomic E-state index is 0.00211. The summed E-state index contributed by atoms with van der Waals surface area (Å²) in [4.78, 5) is 12.1. The second kappa shape index (κ2) is 6.87. The SMILES string of the molecule is CCCCOC1CC(NC(=O)C2CNCCO2)C1(C)C. The van der Waals surface area contributed by atoms with Gasteiger partial charge in [0.05, 0.1) is 12.7 Å². The molecule has 0 spiro atoms. The van der Waals surface area contributed by atoms with Gasteiger partial charge in [-0.15, -0.1) is 0 Å². The molecule has 2 fully saturated rings. The number of rotatable bonds is 6. The molecule has 1 aliphatic carbocycles. The number of ether oxygens (including phenoxy) is 2. The van der Waals surface area contributed by atoms with E-state index >= 15 is 0 Å². The van der Waals surface area contributed by atoms with Crippen molar-refractivity contribution < 1.29 is 14.3 Å². The van der Waals surface area contributed by atoms with Crippen molar-refractivity contribution >= 4 is 5.91 Å². The van der Waals surface area contributed by atoms with E-state index < -0.39 is 0 Å². The molecule has 20 heavy (non-hydrogen) atoms. The Kier molecular flexibility index (Phi) is 5.41. The minimum atomic E-state index is -0.348. The third-order valence-corrected chi connectivity index (χ3v) is 4.53. The number of hydrogen-bond donors (Lipinski definition) is 2. The third kappa shape index (κ3) is 3.51. The van der Waals surface area contributed by atoms with Gasteiger partial charge in [0.25, 0.3) is 5.91 Å². The number of morpholine rings is 1. The molecule has 2 N–H and O–H groups in total. The lowest BCUT2D eigenvalue weighted by atomic mass is 9.64. The van der Waals surface area contributed by atoms with Crippen LogP contribution in [-0.2, 0) is 14.3 Å². The van der Waals surface area contributed by atoms with E-state index in [1.165, 1.54) is 0 Å². The summed E-state index contributed by atoms with van der Waals surface area (Å²) in [6.07, 6.45) is 3.07. The first kappa shape index (κ1) is 15.7. The van der Waals surface area contributed by atoms with Crippen LogP contribution in [0.1, 0.15) is 40.0 Å². The number of hydrogen-bond acceptors (Lipinski definition) is 4. The highest BCUT2D eigenvalue weighted by Gasteiger charge is 2.50. The van der Waals surface area contributed by atoms with Gasteiger partial charge in [0.15, 0.2) is 0 Å². The molecule has 2 rings (SSSR count). The molecule has 1 heterocycles. The predicted octanol–water partition coefficient (Wildman–Crippen LogP) is 1.07. The van der Waals surface area contributed by atoms with Crippen LogP contribution in [0.25, 0.3) is 0 Å². The van der Waals surface area contributed by atoms with Gasteiger partial charge in [-0.3, -0.25) is 4.79 Å². The van der Waals surface area contributed by atoms with Gasteiger partial charge < -0.3 is 20.1 Å². The fourth-order valence-electron chi connectivity index (χ4n) is 2.78. The lowest BCUT2D eigenvalue weighted by molar-refractivity contribution is -0.147. The maximum atomic E-state index is 12.1. The van der Waals surface area contributed by atoms with Crippen molar-refractivity contribution in [3.8, 4) is 0 Å². The molecule has 1 saturated heterocycles. The highest BCUT2D eigenvalue weighted by Crippen LogP contribution is 2.42. The molecule has 0 aromatic heterocycles. The molecular formula is C15H28N2O3. The van der Waals surface area contributed by atoms with E-state index in [4.69, 9.17) is 9.47 Å². The fraction of sp³-hybridized carbons (Fsp3) is 0.933. The van der Waals surface area contributed by atoms with Crippen LogP contribution in [0.15, 0.2) is 0 Å². The van der Waals surface area contributed by atoms with Crippen molar-refractivity contribution in [2.45, 2.75) is 58.3 Å². The summed E-state index contributed by atoms with van der Waals surface area (Å²) in [6, 6.07) is 0.187. The van der Waals surface area contributed by atoms with Crippen LogP contribution in [0.5, 0.6) is 0 Å². The molecular weight excluding hydrogens is 256 g/mol. The van der Waals surface area contributed by atoms with Crippen molar-refractivity contribution in [3.05, 3.63) is 0 Å². The van der Waals surface area contributed by atoms with Crippen molar-refractivity contribution in [1.82, 2.24) is 10.6 Å². The summed E-state index contributed by atoms with van der Waals surface area (Å²) in [5.41, 5.74) is 0.00545. The van der Waals surface area contributed by atoms with Crippen molar-refractivity contribution in [2.24, 2.45) is 5.41 Å². The van der Waals surface area contributed by atoms with Crippen LogP contribution in [0.4, 0.5) is 0 Å². The highest BCUT2D eigenvalue weighted by molar-refractivity contribution is 5.81. The van der Waals surface area contributed by atoms with Gasteiger partial charge in [0.2, 0.25) is 0 Å². The Labute approximate surface area is 121 Å². The Hall–Kier alpha value is -0.650. The number of unbranched alkanes of at least 4 members (excludes halogenated alkanes) is 1. The lowest BCUT2D eigenvalue weighted by Crippen LogP contribution is -2.64. The molecule has 1 amide bonds. The van der Waals surface area contributed by atoms with Gasteiger partial charge >= 0.3 is 0 Å². The van der Waals surface area contributed by atoms with Crippen LogP contribution in [0.2, 0.25) is 0 Å². The van der Waals surface area contributed by atoms with E-state index in [1.54, 1.807) is 0 Å². The minimum Gasteiger partial charge on any atom is -0.378 e. The Bertz CT molecular complexity index is 327. The Morgan fingerprint density at radius 3 is 2.90 bits per heavy atom. The van der Waals surface area contributed by atoms with E-state index in [1.807, 2.05) is 0 Å². The lowest BCUT2D eigenvalue weighted by Gasteiger charge is -2.52. The fourth-order valence-corrected chi connectivity index (χ4v) is 2.78. The molecule has 0 radical (unpaired) electrons. The molecule has 0 aromatic rings. The molecule has 0 aromatic carbocycles. The van der Waals surface area contributed by atoms with Crippen LogP contribution in [-0.4, -0.2) is 50.5 Å². The van der Waals surface area contributed by atoms with Gasteiger partial charge in [-0.1, -0.05) is 27.2 Å². The molecule has 3 atom stereocenters. The molecule has 1 aliphatic heterocycles. The molecule has 2 aliphatic rings. The van der Waals surface area contributed by atoms with Crippen LogP contribution >= 0.6 is 0 Å². The first-order valence-electron chi connectivity index (χ1n) is 7.80. The van der Waals surface area contributed by atoms with Crippen molar-refractivity contribution in [3.63, 3.8) is 0 Å². The number of carbonyl (C=O) groups is 1. The van der Waals surface area contributed by atoms with Gasteiger partial charge in [-0.05, 0) is 12.8 Å². The first-order valence-corrected chi connectivity index (χ1v) is 7.80. The summed E-state index contributed by atoms with van der Waals surface area (Å²) < 4.78 is 11.4. The third-order valence-electron chi connectivity index (χ3n) is 4.53. The number of nitrogens with one attached hydrogen (secondary N) is 2. The maximum absolute atomic E-state index is 12.1. The summed E-state index contributed by atoms with van der Waals surface area (Å²) in [5.74, 6) is 0.00211. The van der Waals surface area contributed by atoms with Crippen LogP contribution in [0, 0.1) is 5.41 Å². The van der Waals surface area contributed by atoms with E-state index in [0.717, 1.165) is 32.4 Å². The van der Waals surface area contributed by atoms with Crippen LogP contribution < -0.4 is 10.6 Å². The summed E-state index contributed by atoms with van der Waals surface area (Å²) in [5, 5.41) is 6.29. The highest BCUT2D eigenvalue weighted by atomic mass is 16.5. The van der Waals surface area contributed by atoms with Gasteiger partial charge in [-0.25, -0.2) is 0 Å². The van der Waals surface area contributed by atoms with E-state index in [-0.39, 0.29) is 29.6 Å². The topological polar surface area (TPSA) is 59.6 Å². The molecule has 3 unspecified atom stereocenters. The Morgan fingerprint density at radius 1 is 1.50 bits per heavy atom. The summed E-state index contributed by atoms with van der Waals surface area (Å²) in [7, 11) is 0. The number of carbonyl (C=O) groups excluding carboxylic acids is 1. The molecule has 5 nitrogen and oxygen atoms in total. The zero-order valence-corrected chi connectivity index (χ0v) is 12.9. The normalized spacial score (nSPS) is 32.5. The average molecular weight is 284 g/mol. The smallest absolute Gasteiger partial charge is 0.250 e. The van der Waals surface area contributed by atoms with E-state index in [2.05, 4.69) is 31.4 Å². The Morgan fingerprint density at radius 2 is 2.30 bits per heavy atom. The van der Waals surface area contributed by atoms with Gasteiger partial charge in [-0.2, -0.15) is 0 Å².